The van der Waals surface area contributed by atoms with Crippen molar-refractivity contribution in [3.8, 4) is 5.75 Å². The highest BCUT2D eigenvalue weighted by Crippen LogP contribution is 2.23. The topological polar surface area (TPSA) is 9.23 Å². The highest BCUT2D eigenvalue weighted by atomic mass is 79.9. The zero-order valence-electron chi connectivity index (χ0n) is 7.31. The molecule has 1 aromatic carbocycles. The van der Waals surface area contributed by atoms with Crippen molar-refractivity contribution in [3.63, 3.8) is 0 Å². The SMILES string of the molecule is C=C(CBr)c1ccc(F)c(OC)c1. The summed E-state index contributed by atoms with van der Waals surface area (Å²) < 4.78 is 17.8. The Morgan fingerprint density at radius 3 is 2.85 bits per heavy atom. The van der Waals surface area contributed by atoms with Crippen molar-refractivity contribution >= 4 is 21.5 Å². The van der Waals surface area contributed by atoms with Crippen molar-refractivity contribution < 1.29 is 9.13 Å². The second kappa shape index (κ2) is 4.42. The predicted molar refractivity (Wildman–Crippen MR) is 55.8 cm³/mol. The van der Waals surface area contributed by atoms with Crippen LogP contribution < -0.4 is 4.74 Å². The lowest BCUT2D eigenvalue weighted by atomic mass is 10.1. The van der Waals surface area contributed by atoms with E-state index >= 15 is 0 Å². The minimum Gasteiger partial charge on any atom is -0.494 e. The number of ether oxygens (including phenoxy) is 1. The van der Waals surface area contributed by atoms with Gasteiger partial charge in [-0.1, -0.05) is 28.6 Å². The average Bonchev–Trinajstić information content (AvgIpc) is 2.17. The van der Waals surface area contributed by atoms with Crippen LogP contribution in [0.25, 0.3) is 5.57 Å². The van der Waals surface area contributed by atoms with Gasteiger partial charge in [0.05, 0.1) is 7.11 Å². The van der Waals surface area contributed by atoms with Gasteiger partial charge in [-0.25, -0.2) is 4.39 Å². The largest absolute Gasteiger partial charge is 0.494 e. The molecule has 70 valence electrons. The van der Waals surface area contributed by atoms with E-state index < -0.39 is 0 Å². The van der Waals surface area contributed by atoms with Gasteiger partial charge in [-0.15, -0.1) is 0 Å². The van der Waals surface area contributed by atoms with Crippen molar-refractivity contribution in [3.05, 3.63) is 36.2 Å². The fourth-order valence-corrected chi connectivity index (χ4v) is 1.28. The van der Waals surface area contributed by atoms with Crippen molar-refractivity contribution in [2.45, 2.75) is 0 Å². The van der Waals surface area contributed by atoms with Gasteiger partial charge in [0.2, 0.25) is 0 Å². The van der Waals surface area contributed by atoms with Gasteiger partial charge in [0, 0.05) is 5.33 Å². The number of rotatable bonds is 3. The molecule has 0 heterocycles. The van der Waals surface area contributed by atoms with E-state index in [1.54, 1.807) is 12.1 Å². The van der Waals surface area contributed by atoms with Crippen LogP contribution in [0, 0.1) is 5.82 Å². The molecule has 0 fully saturated rings. The van der Waals surface area contributed by atoms with E-state index in [0.29, 0.717) is 5.33 Å². The van der Waals surface area contributed by atoms with Gasteiger partial charge in [-0.05, 0) is 23.3 Å². The third-order valence-electron chi connectivity index (χ3n) is 1.72. The van der Waals surface area contributed by atoms with E-state index in [2.05, 4.69) is 22.5 Å². The molecule has 1 nitrogen and oxygen atoms in total. The van der Waals surface area contributed by atoms with E-state index in [-0.39, 0.29) is 11.6 Å². The fraction of sp³-hybridized carbons (Fsp3) is 0.200. The van der Waals surface area contributed by atoms with Crippen molar-refractivity contribution in [1.82, 2.24) is 0 Å². The molecule has 0 saturated carbocycles. The summed E-state index contributed by atoms with van der Waals surface area (Å²) in [5.41, 5.74) is 1.79. The summed E-state index contributed by atoms with van der Waals surface area (Å²) in [5, 5.41) is 0.668. The van der Waals surface area contributed by atoms with E-state index in [1.165, 1.54) is 13.2 Å². The smallest absolute Gasteiger partial charge is 0.165 e. The van der Waals surface area contributed by atoms with Crippen LogP contribution in [0.5, 0.6) is 5.75 Å². The van der Waals surface area contributed by atoms with Crippen LogP contribution in [0.2, 0.25) is 0 Å². The van der Waals surface area contributed by atoms with E-state index in [0.717, 1.165) is 11.1 Å². The lowest BCUT2D eigenvalue weighted by Crippen LogP contribution is -1.91. The molecular weight excluding hydrogens is 235 g/mol. The predicted octanol–water partition coefficient (Wildman–Crippen LogP) is 3.24. The van der Waals surface area contributed by atoms with Crippen molar-refractivity contribution in [2.24, 2.45) is 0 Å². The molecule has 0 saturated heterocycles. The number of allylic oxidation sites excluding steroid dienone is 1. The third-order valence-corrected chi connectivity index (χ3v) is 2.40. The Morgan fingerprint density at radius 1 is 1.62 bits per heavy atom. The summed E-state index contributed by atoms with van der Waals surface area (Å²) in [6, 6.07) is 4.70. The molecule has 0 spiro atoms. The van der Waals surface area contributed by atoms with Gasteiger partial charge in [-0.2, -0.15) is 0 Å². The number of hydrogen-bond acceptors (Lipinski definition) is 1. The zero-order chi connectivity index (χ0) is 9.84. The zero-order valence-corrected chi connectivity index (χ0v) is 8.90. The monoisotopic (exact) mass is 244 g/mol. The molecule has 0 N–H and O–H groups in total. The molecule has 0 bridgehead atoms. The van der Waals surface area contributed by atoms with Gasteiger partial charge in [-0.3, -0.25) is 0 Å². The average molecular weight is 245 g/mol. The van der Waals surface area contributed by atoms with Crippen LogP contribution in [0.1, 0.15) is 5.56 Å². The Hall–Kier alpha value is -0.830. The molecule has 0 atom stereocenters. The Bertz CT molecular complexity index is 323. The summed E-state index contributed by atoms with van der Waals surface area (Å²) in [7, 11) is 1.44. The van der Waals surface area contributed by atoms with Crippen LogP contribution in [0.3, 0.4) is 0 Å². The van der Waals surface area contributed by atoms with E-state index in [9.17, 15) is 4.39 Å². The first-order valence-corrected chi connectivity index (χ1v) is 4.89. The summed E-state index contributed by atoms with van der Waals surface area (Å²) in [6.07, 6.45) is 0. The summed E-state index contributed by atoms with van der Waals surface area (Å²) in [6.45, 7) is 3.82. The Balaban J connectivity index is 3.06. The Labute approximate surface area is 85.3 Å². The molecule has 0 aromatic heterocycles. The number of halogens is 2. The maximum Gasteiger partial charge on any atom is 0.165 e. The molecule has 3 heteroatoms. The van der Waals surface area contributed by atoms with Crippen LogP contribution in [-0.2, 0) is 0 Å². The summed E-state index contributed by atoms with van der Waals surface area (Å²) >= 11 is 3.28. The number of benzene rings is 1. The first-order valence-electron chi connectivity index (χ1n) is 3.76. The highest BCUT2D eigenvalue weighted by Gasteiger charge is 2.04. The molecule has 0 aliphatic rings. The molecule has 0 aliphatic carbocycles. The molecular formula is C10H10BrFO. The molecule has 13 heavy (non-hydrogen) atoms. The standard InChI is InChI=1S/C10H10BrFO/c1-7(6-11)8-3-4-9(12)10(5-8)13-2/h3-5H,1,6H2,2H3. The minimum absolute atomic E-state index is 0.250. The molecule has 1 rings (SSSR count). The first-order chi connectivity index (χ1) is 6.19. The second-order valence-corrected chi connectivity index (χ2v) is 3.15. The quantitative estimate of drug-likeness (QED) is 0.743. The van der Waals surface area contributed by atoms with Crippen molar-refractivity contribution in [2.75, 3.05) is 12.4 Å². The maximum atomic E-state index is 13.0. The third kappa shape index (κ3) is 2.31. The molecule has 0 aliphatic heterocycles. The highest BCUT2D eigenvalue weighted by molar-refractivity contribution is 9.09. The lowest BCUT2D eigenvalue weighted by molar-refractivity contribution is 0.386. The molecule has 0 unspecified atom stereocenters. The number of methoxy groups -OCH3 is 1. The van der Waals surface area contributed by atoms with Crippen LogP contribution >= 0.6 is 15.9 Å². The maximum absolute atomic E-state index is 13.0. The van der Waals surface area contributed by atoms with Gasteiger partial charge in [0.1, 0.15) is 0 Å². The van der Waals surface area contributed by atoms with Gasteiger partial charge in [0.15, 0.2) is 11.6 Å². The fourth-order valence-electron chi connectivity index (χ4n) is 0.957. The van der Waals surface area contributed by atoms with Crippen molar-refractivity contribution in [1.29, 1.82) is 0 Å². The Kier molecular flexibility index (Phi) is 3.48. The van der Waals surface area contributed by atoms with Crippen LogP contribution in [0.15, 0.2) is 24.8 Å². The Morgan fingerprint density at radius 2 is 2.31 bits per heavy atom. The summed E-state index contributed by atoms with van der Waals surface area (Å²) in [4.78, 5) is 0. The second-order valence-electron chi connectivity index (χ2n) is 2.59. The van der Waals surface area contributed by atoms with Gasteiger partial charge in [0.25, 0.3) is 0 Å². The number of hydrogen-bond donors (Lipinski definition) is 0. The van der Waals surface area contributed by atoms with Gasteiger partial charge < -0.3 is 4.74 Å². The number of alkyl halides is 1. The van der Waals surface area contributed by atoms with E-state index in [4.69, 9.17) is 4.74 Å². The van der Waals surface area contributed by atoms with E-state index in [1.807, 2.05) is 0 Å². The first kappa shape index (κ1) is 10.3. The van der Waals surface area contributed by atoms with Gasteiger partial charge >= 0.3 is 0 Å². The molecule has 0 radical (unpaired) electrons. The molecule has 1 aromatic rings. The van der Waals surface area contributed by atoms with Crippen LogP contribution in [-0.4, -0.2) is 12.4 Å². The lowest BCUT2D eigenvalue weighted by Gasteiger charge is -2.05. The summed E-state index contributed by atoms with van der Waals surface area (Å²) in [5.74, 6) is -0.103. The molecule has 0 amide bonds. The minimum atomic E-state index is -0.353. The normalized spacial score (nSPS) is 9.77. The van der Waals surface area contributed by atoms with Crippen LogP contribution in [0.4, 0.5) is 4.39 Å².